The summed E-state index contributed by atoms with van der Waals surface area (Å²) >= 11 is 6.06. The van der Waals surface area contributed by atoms with Gasteiger partial charge in [0.15, 0.2) is 11.5 Å². The molecule has 118 valence electrons. The van der Waals surface area contributed by atoms with Crippen LogP contribution in [0.1, 0.15) is 12.5 Å². The lowest BCUT2D eigenvalue weighted by atomic mass is 10.1. The molecule has 7 heteroatoms. The standard InChI is InChI=1S/C15H16ClNO5/c1-9(15(19)20)7-17(2)13(18)4-3-10-5-11(16)14-12(6-10)21-8-22-14/h3-6,9H,7-8H2,1-2H3,(H,19,20)/b4-3+. The second-order valence-electron chi connectivity index (χ2n) is 5.03. The van der Waals surface area contributed by atoms with Crippen LogP contribution in [0.5, 0.6) is 11.5 Å². The van der Waals surface area contributed by atoms with Crippen molar-refractivity contribution in [3.63, 3.8) is 0 Å². The van der Waals surface area contributed by atoms with Crippen LogP contribution in [-0.2, 0) is 9.59 Å². The van der Waals surface area contributed by atoms with Crippen molar-refractivity contribution in [3.8, 4) is 11.5 Å². The molecule has 0 bridgehead atoms. The van der Waals surface area contributed by atoms with Crippen LogP contribution in [0, 0.1) is 5.92 Å². The lowest BCUT2D eigenvalue weighted by Gasteiger charge is -2.17. The third-order valence-electron chi connectivity index (χ3n) is 3.21. The summed E-state index contributed by atoms with van der Waals surface area (Å²) in [4.78, 5) is 24.1. The van der Waals surface area contributed by atoms with Crippen LogP contribution >= 0.6 is 11.6 Å². The summed E-state index contributed by atoms with van der Waals surface area (Å²) in [5.41, 5.74) is 0.697. The van der Waals surface area contributed by atoms with E-state index in [2.05, 4.69) is 0 Å². The van der Waals surface area contributed by atoms with Crippen molar-refractivity contribution >= 4 is 29.6 Å². The molecule has 2 rings (SSSR count). The number of halogens is 1. The molecule has 1 aromatic rings. The minimum absolute atomic E-state index is 0.122. The molecule has 0 saturated heterocycles. The van der Waals surface area contributed by atoms with Crippen molar-refractivity contribution in [1.82, 2.24) is 4.90 Å². The molecular weight excluding hydrogens is 310 g/mol. The van der Waals surface area contributed by atoms with Crippen molar-refractivity contribution in [2.75, 3.05) is 20.4 Å². The van der Waals surface area contributed by atoms with Gasteiger partial charge in [-0.3, -0.25) is 9.59 Å². The zero-order valence-electron chi connectivity index (χ0n) is 12.2. The number of hydrogen-bond donors (Lipinski definition) is 1. The summed E-state index contributed by atoms with van der Waals surface area (Å²) in [6.07, 6.45) is 2.96. The van der Waals surface area contributed by atoms with Crippen molar-refractivity contribution < 1.29 is 24.2 Å². The number of likely N-dealkylation sites (N-methyl/N-ethyl adjacent to an activating group) is 1. The predicted molar refractivity (Wildman–Crippen MR) is 81.0 cm³/mol. The molecule has 1 amide bonds. The monoisotopic (exact) mass is 325 g/mol. The first-order valence-electron chi connectivity index (χ1n) is 6.63. The molecule has 1 aromatic carbocycles. The minimum atomic E-state index is -0.939. The zero-order valence-corrected chi connectivity index (χ0v) is 13.0. The first-order valence-corrected chi connectivity index (χ1v) is 7.01. The number of amides is 1. The van der Waals surface area contributed by atoms with E-state index in [0.29, 0.717) is 22.1 Å². The van der Waals surface area contributed by atoms with E-state index >= 15 is 0 Å². The van der Waals surface area contributed by atoms with Crippen LogP contribution in [0.2, 0.25) is 5.02 Å². The van der Waals surface area contributed by atoms with E-state index in [0.717, 1.165) is 0 Å². The van der Waals surface area contributed by atoms with Gasteiger partial charge in [0.05, 0.1) is 10.9 Å². The number of nitrogens with zero attached hydrogens (tertiary/aromatic N) is 1. The van der Waals surface area contributed by atoms with E-state index in [-0.39, 0.29) is 19.2 Å². The Morgan fingerprint density at radius 1 is 1.45 bits per heavy atom. The smallest absolute Gasteiger partial charge is 0.308 e. The Morgan fingerprint density at radius 3 is 2.86 bits per heavy atom. The van der Waals surface area contributed by atoms with Gasteiger partial charge in [-0.2, -0.15) is 0 Å². The summed E-state index contributed by atoms with van der Waals surface area (Å²) in [6, 6.07) is 3.39. The van der Waals surface area contributed by atoms with Crippen molar-refractivity contribution in [2.45, 2.75) is 6.92 Å². The number of rotatable bonds is 5. The molecule has 0 aromatic heterocycles. The van der Waals surface area contributed by atoms with Gasteiger partial charge in [0.25, 0.3) is 0 Å². The maximum Gasteiger partial charge on any atom is 0.308 e. The number of benzene rings is 1. The van der Waals surface area contributed by atoms with Crippen LogP contribution in [0.3, 0.4) is 0 Å². The first kappa shape index (κ1) is 16.2. The van der Waals surface area contributed by atoms with Crippen LogP contribution < -0.4 is 9.47 Å². The number of fused-ring (bicyclic) bond motifs is 1. The molecule has 1 aliphatic rings. The van der Waals surface area contributed by atoms with Gasteiger partial charge in [-0.05, 0) is 23.8 Å². The lowest BCUT2D eigenvalue weighted by molar-refractivity contribution is -0.142. The number of carbonyl (C=O) groups excluding carboxylic acids is 1. The van der Waals surface area contributed by atoms with Crippen LogP contribution in [0.25, 0.3) is 6.08 Å². The molecule has 1 aliphatic heterocycles. The molecule has 0 fully saturated rings. The van der Waals surface area contributed by atoms with E-state index in [1.54, 1.807) is 32.2 Å². The lowest BCUT2D eigenvalue weighted by Crippen LogP contribution is -2.32. The highest BCUT2D eigenvalue weighted by atomic mass is 35.5. The summed E-state index contributed by atoms with van der Waals surface area (Å²) in [5.74, 6) is -0.819. The molecule has 1 unspecified atom stereocenters. The largest absolute Gasteiger partial charge is 0.481 e. The van der Waals surface area contributed by atoms with Gasteiger partial charge >= 0.3 is 5.97 Å². The number of carbonyl (C=O) groups is 2. The van der Waals surface area contributed by atoms with Gasteiger partial charge in [-0.1, -0.05) is 18.5 Å². The van der Waals surface area contributed by atoms with Crippen molar-refractivity contribution in [1.29, 1.82) is 0 Å². The van der Waals surface area contributed by atoms with Gasteiger partial charge < -0.3 is 19.5 Å². The molecule has 1 heterocycles. The molecule has 1 N–H and O–H groups in total. The molecule has 0 aliphatic carbocycles. The fourth-order valence-corrected chi connectivity index (χ4v) is 2.23. The molecule has 0 radical (unpaired) electrons. The van der Waals surface area contributed by atoms with E-state index < -0.39 is 11.9 Å². The zero-order chi connectivity index (χ0) is 16.3. The molecule has 1 atom stereocenters. The van der Waals surface area contributed by atoms with Gasteiger partial charge in [-0.25, -0.2) is 0 Å². The Labute approximate surface area is 132 Å². The maximum absolute atomic E-state index is 12.0. The van der Waals surface area contributed by atoms with E-state index in [1.807, 2.05) is 0 Å². The van der Waals surface area contributed by atoms with E-state index in [1.165, 1.54) is 11.0 Å². The Kier molecular flexibility index (Phi) is 4.92. The number of aliphatic carboxylic acids is 1. The van der Waals surface area contributed by atoms with Gasteiger partial charge in [0, 0.05) is 19.7 Å². The molecular formula is C15H16ClNO5. The molecule has 22 heavy (non-hydrogen) atoms. The summed E-state index contributed by atoms with van der Waals surface area (Å²) in [7, 11) is 1.55. The second kappa shape index (κ2) is 6.70. The number of ether oxygens (including phenoxy) is 2. The maximum atomic E-state index is 12.0. The van der Waals surface area contributed by atoms with Crippen LogP contribution in [0.15, 0.2) is 18.2 Å². The molecule has 6 nitrogen and oxygen atoms in total. The highest BCUT2D eigenvalue weighted by Gasteiger charge is 2.18. The van der Waals surface area contributed by atoms with Gasteiger partial charge in [0.1, 0.15) is 0 Å². The minimum Gasteiger partial charge on any atom is -0.481 e. The first-order chi connectivity index (χ1) is 10.4. The highest BCUT2D eigenvalue weighted by molar-refractivity contribution is 6.32. The van der Waals surface area contributed by atoms with Crippen LogP contribution in [0.4, 0.5) is 0 Å². The quantitative estimate of drug-likeness (QED) is 0.840. The number of hydrogen-bond acceptors (Lipinski definition) is 4. The summed E-state index contributed by atoms with van der Waals surface area (Å²) in [5, 5.41) is 9.26. The van der Waals surface area contributed by atoms with E-state index in [4.69, 9.17) is 26.2 Å². The van der Waals surface area contributed by atoms with Gasteiger partial charge in [-0.15, -0.1) is 0 Å². The Balaban J connectivity index is 2.04. The topological polar surface area (TPSA) is 76.1 Å². The Morgan fingerprint density at radius 2 is 2.18 bits per heavy atom. The fraction of sp³-hybridized carbons (Fsp3) is 0.333. The van der Waals surface area contributed by atoms with Crippen LogP contribution in [-0.4, -0.2) is 42.3 Å². The van der Waals surface area contributed by atoms with Gasteiger partial charge in [0.2, 0.25) is 12.7 Å². The van der Waals surface area contributed by atoms with Crippen molar-refractivity contribution in [2.24, 2.45) is 5.92 Å². The molecule has 0 saturated carbocycles. The Hall–Kier alpha value is -2.21. The van der Waals surface area contributed by atoms with Crippen molar-refractivity contribution in [3.05, 3.63) is 28.8 Å². The van der Waals surface area contributed by atoms with E-state index in [9.17, 15) is 9.59 Å². The number of carboxylic acids is 1. The second-order valence-corrected chi connectivity index (χ2v) is 5.44. The average molecular weight is 326 g/mol. The third-order valence-corrected chi connectivity index (χ3v) is 3.49. The summed E-state index contributed by atoms with van der Waals surface area (Å²) < 4.78 is 10.5. The SMILES string of the molecule is CC(CN(C)C(=O)/C=C/c1cc(Cl)c2c(c1)OCO2)C(=O)O. The third kappa shape index (κ3) is 3.71. The molecule has 0 spiro atoms. The summed E-state index contributed by atoms with van der Waals surface area (Å²) in [6.45, 7) is 1.81. The normalized spacial score (nSPS) is 14.1. The Bertz CT molecular complexity index is 629. The number of carboxylic acid groups (broad SMARTS) is 1. The predicted octanol–water partition coefficient (Wildman–Crippen LogP) is 2.26. The fourth-order valence-electron chi connectivity index (χ4n) is 1.96. The average Bonchev–Trinajstić information content (AvgIpc) is 2.93. The highest BCUT2D eigenvalue weighted by Crippen LogP contribution is 2.40.